The first-order valence-electron chi connectivity index (χ1n) is 9.63. The van der Waals surface area contributed by atoms with E-state index < -0.39 is 0 Å². The third-order valence-electron chi connectivity index (χ3n) is 4.51. The number of thioether (sulfide) groups is 1. The lowest BCUT2D eigenvalue weighted by Crippen LogP contribution is -2.24. The number of furan rings is 1. The van der Waals surface area contributed by atoms with Gasteiger partial charge in [0.15, 0.2) is 11.0 Å². The van der Waals surface area contributed by atoms with Crippen molar-refractivity contribution in [3.8, 4) is 17.2 Å². The molecule has 0 radical (unpaired) electrons. The molecule has 0 aliphatic carbocycles. The molecule has 30 heavy (non-hydrogen) atoms. The van der Waals surface area contributed by atoms with Gasteiger partial charge >= 0.3 is 0 Å². The molecule has 0 saturated heterocycles. The zero-order chi connectivity index (χ0) is 20.8. The highest BCUT2D eigenvalue weighted by Crippen LogP contribution is 2.29. The molecule has 3 aromatic heterocycles. The van der Waals surface area contributed by atoms with E-state index >= 15 is 0 Å². The summed E-state index contributed by atoms with van der Waals surface area (Å²) in [4.78, 5) is 16.8. The summed E-state index contributed by atoms with van der Waals surface area (Å²) < 4.78 is 7.22. The monoisotopic (exact) mass is 419 g/mol. The maximum Gasteiger partial charge on any atom is 0.230 e. The zero-order valence-corrected chi connectivity index (χ0v) is 17.3. The van der Waals surface area contributed by atoms with Crippen LogP contribution in [0.5, 0.6) is 0 Å². The van der Waals surface area contributed by atoms with Crippen LogP contribution in [0.25, 0.3) is 17.2 Å². The topological polar surface area (TPSA) is 85.8 Å². The van der Waals surface area contributed by atoms with Crippen molar-refractivity contribution in [1.82, 2.24) is 25.1 Å². The molecule has 1 N–H and O–H groups in total. The Kier molecular flexibility index (Phi) is 6.24. The highest BCUT2D eigenvalue weighted by atomic mass is 32.2. The Hall–Kier alpha value is -3.39. The van der Waals surface area contributed by atoms with Gasteiger partial charge in [0.05, 0.1) is 24.2 Å². The van der Waals surface area contributed by atoms with E-state index in [0.717, 1.165) is 17.8 Å². The third-order valence-corrected chi connectivity index (χ3v) is 5.44. The first kappa shape index (κ1) is 19.9. The van der Waals surface area contributed by atoms with Crippen LogP contribution >= 0.6 is 11.8 Å². The van der Waals surface area contributed by atoms with Crippen molar-refractivity contribution < 1.29 is 9.21 Å². The number of hydrogen-bond donors (Lipinski definition) is 1. The summed E-state index contributed by atoms with van der Waals surface area (Å²) in [5, 5.41) is 12.2. The second kappa shape index (κ2) is 9.41. The number of carbonyl (C=O) groups is 1. The van der Waals surface area contributed by atoms with Gasteiger partial charge in [0.1, 0.15) is 11.5 Å². The molecule has 4 rings (SSSR count). The molecule has 3 heterocycles. The quantitative estimate of drug-likeness (QED) is 0.436. The van der Waals surface area contributed by atoms with E-state index in [1.165, 1.54) is 17.3 Å². The lowest BCUT2D eigenvalue weighted by Gasteiger charge is -2.13. The summed E-state index contributed by atoms with van der Waals surface area (Å²) in [6, 6.07) is 17.4. The van der Waals surface area contributed by atoms with Crippen LogP contribution in [-0.2, 0) is 17.8 Å². The van der Waals surface area contributed by atoms with Crippen molar-refractivity contribution in [1.29, 1.82) is 0 Å². The number of amides is 1. The molecule has 0 fully saturated rings. The van der Waals surface area contributed by atoms with E-state index in [1.807, 2.05) is 47.0 Å². The average molecular weight is 420 g/mol. The summed E-state index contributed by atoms with van der Waals surface area (Å²) in [6.07, 6.45) is 4.18. The van der Waals surface area contributed by atoms with Crippen LogP contribution in [0.15, 0.2) is 76.6 Å². The minimum Gasteiger partial charge on any atom is -0.467 e. The highest BCUT2D eigenvalue weighted by Gasteiger charge is 2.19. The number of benzene rings is 1. The van der Waals surface area contributed by atoms with Gasteiger partial charge < -0.3 is 9.73 Å². The normalized spacial score (nSPS) is 10.8. The Labute approximate surface area is 178 Å². The van der Waals surface area contributed by atoms with E-state index in [1.54, 1.807) is 18.5 Å². The van der Waals surface area contributed by atoms with Gasteiger partial charge in [-0.25, -0.2) is 0 Å². The molecule has 152 valence electrons. The highest BCUT2D eigenvalue weighted by molar-refractivity contribution is 7.99. The number of para-hydroxylation sites is 1. The molecule has 0 aliphatic rings. The SMILES string of the molecule is CCc1ccccc1-n1c(SCC(=O)NCc2ccco2)nnc1-c1ccccn1. The van der Waals surface area contributed by atoms with E-state index in [0.29, 0.717) is 23.3 Å². The molecule has 0 unspecified atom stereocenters. The van der Waals surface area contributed by atoms with Crippen LogP contribution in [0.3, 0.4) is 0 Å². The number of rotatable bonds is 8. The van der Waals surface area contributed by atoms with Crippen molar-refractivity contribution >= 4 is 17.7 Å². The molecule has 1 amide bonds. The summed E-state index contributed by atoms with van der Waals surface area (Å²) >= 11 is 1.34. The van der Waals surface area contributed by atoms with Crippen molar-refractivity contribution in [3.05, 3.63) is 78.4 Å². The second-order valence-electron chi connectivity index (χ2n) is 6.48. The fourth-order valence-electron chi connectivity index (χ4n) is 3.05. The largest absolute Gasteiger partial charge is 0.467 e. The maximum atomic E-state index is 12.3. The molecular formula is C22H21N5O2S. The summed E-state index contributed by atoms with van der Waals surface area (Å²) in [5.41, 5.74) is 2.88. The number of carbonyl (C=O) groups excluding carboxylic acids is 1. The van der Waals surface area contributed by atoms with Gasteiger partial charge in [0, 0.05) is 6.20 Å². The first-order chi connectivity index (χ1) is 14.8. The number of pyridine rings is 1. The van der Waals surface area contributed by atoms with E-state index in [4.69, 9.17) is 4.42 Å². The minimum absolute atomic E-state index is 0.103. The van der Waals surface area contributed by atoms with Crippen LogP contribution in [-0.4, -0.2) is 31.4 Å². The van der Waals surface area contributed by atoms with Crippen LogP contribution in [0.2, 0.25) is 0 Å². The Bertz CT molecular complexity index is 1110. The van der Waals surface area contributed by atoms with Gasteiger partial charge in [-0.2, -0.15) is 0 Å². The summed E-state index contributed by atoms with van der Waals surface area (Å²) in [7, 11) is 0. The Morgan fingerprint density at radius 2 is 1.97 bits per heavy atom. The molecule has 0 atom stereocenters. The molecule has 8 heteroatoms. The second-order valence-corrected chi connectivity index (χ2v) is 7.43. The molecular weight excluding hydrogens is 398 g/mol. The van der Waals surface area contributed by atoms with Gasteiger partial charge in [0.2, 0.25) is 5.91 Å². The summed E-state index contributed by atoms with van der Waals surface area (Å²) in [6.45, 7) is 2.47. The average Bonchev–Trinajstić information content (AvgIpc) is 3.46. The molecule has 0 spiro atoms. The molecule has 0 bridgehead atoms. The van der Waals surface area contributed by atoms with Crippen molar-refractivity contribution in [3.63, 3.8) is 0 Å². The zero-order valence-electron chi connectivity index (χ0n) is 16.5. The molecule has 0 saturated carbocycles. The molecule has 7 nitrogen and oxygen atoms in total. The number of hydrogen-bond acceptors (Lipinski definition) is 6. The van der Waals surface area contributed by atoms with Crippen molar-refractivity contribution in [2.75, 3.05) is 5.75 Å². The number of nitrogens with zero attached hydrogens (tertiary/aromatic N) is 4. The predicted molar refractivity (Wildman–Crippen MR) is 115 cm³/mol. The Morgan fingerprint density at radius 1 is 1.10 bits per heavy atom. The fourth-order valence-corrected chi connectivity index (χ4v) is 3.82. The summed E-state index contributed by atoms with van der Waals surface area (Å²) in [5.74, 6) is 1.48. The number of nitrogens with one attached hydrogen (secondary N) is 1. The number of aryl methyl sites for hydroxylation is 1. The van der Waals surface area contributed by atoms with Crippen LogP contribution < -0.4 is 5.32 Å². The van der Waals surface area contributed by atoms with Gasteiger partial charge in [-0.1, -0.05) is 43.0 Å². The van der Waals surface area contributed by atoms with Crippen molar-refractivity contribution in [2.24, 2.45) is 0 Å². The Balaban J connectivity index is 1.60. The predicted octanol–water partition coefficient (Wildman–Crippen LogP) is 3.89. The van der Waals surface area contributed by atoms with E-state index in [2.05, 4.69) is 33.5 Å². The van der Waals surface area contributed by atoms with Crippen LogP contribution in [0.1, 0.15) is 18.2 Å². The van der Waals surface area contributed by atoms with Gasteiger partial charge in [-0.15, -0.1) is 10.2 Å². The van der Waals surface area contributed by atoms with E-state index in [-0.39, 0.29) is 11.7 Å². The third kappa shape index (κ3) is 4.44. The van der Waals surface area contributed by atoms with Gasteiger partial charge in [-0.05, 0) is 42.3 Å². The molecule has 4 aromatic rings. The number of aromatic nitrogens is 4. The maximum absolute atomic E-state index is 12.3. The standard InChI is InChI=1S/C22H21N5O2S/c1-2-16-8-3-4-11-19(16)27-21(18-10-5-6-12-23-18)25-26-22(27)30-15-20(28)24-14-17-9-7-13-29-17/h3-13H,2,14-15H2,1H3,(H,24,28). The van der Waals surface area contributed by atoms with Crippen molar-refractivity contribution in [2.45, 2.75) is 25.0 Å². The smallest absolute Gasteiger partial charge is 0.230 e. The van der Waals surface area contributed by atoms with Crippen LogP contribution in [0, 0.1) is 0 Å². The minimum atomic E-state index is -0.103. The first-order valence-corrected chi connectivity index (χ1v) is 10.6. The lowest BCUT2D eigenvalue weighted by molar-refractivity contribution is -0.118. The van der Waals surface area contributed by atoms with Gasteiger partial charge in [0.25, 0.3) is 0 Å². The Morgan fingerprint density at radius 3 is 2.73 bits per heavy atom. The molecule has 0 aliphatic heterocycles. The van der Waals surface area contributed by atoms with Gasteiger partial charge in [-0.3, -0.25) is 14.3 Å². The van der Waals surface area contributed by atoms with E-state index in [9.17, 15) is 4.79 Å². The lowest BCUT2D eigenvalue weighted by atomic mass is 10.1. The fraction of sp³-hybridized carbons (Fsp3) is 0.182. The molecule has 1 aromatic carbocycles. The van der Waals surface area contributed by atoms with Crippen LogP contribution in [0.4, 0.5) is 0 Å².